The molecule has 31 heavy (non-hydrogen) atoms. The number of benzene rings is 1. The Hall–Kier alpha value is -2.24. The van der Waals surface area contributed by atoms with E-state index in [2.05, 4.69) is 12.2 Å². The van der Waals surface area contributed by atoms with Crippen molar-refractivity contribution in [1.82, 2.24) is 5.32 Å². The van der Waals surface area contributed by atoms with E-state index in [1.54, 1.807) is 14.2 Å². The summed E-state index contributed by atoms with van der Waals surface area (Å²) in [5.74, 6) is 3.26. The molecule has 0 aromatic heterocycles. The highest BCUT2D eigenvalue weighted by Gasteiger charge is 2.53. The lowest BCUT2D eigenvalue weighted by atomic mass is 9.48. The first-order valence-electron chi connectivity index (χ1n) is 11.6. The molecule has 1 aromatic rings. The summed E-state index contributed by atoms with van der Waals surface area (Å²) in [5.41, 5.74) is 1.21. The molecule has 0 radical (unpaired) electrons. The molecular formula is C25H35NO5. The molecule has 0 unspecified atom stereocenters. The third-order valence-corrected chi connectivity index (χ3v) is 7.81. The molecule has 4 aliphatic carbocycles. The highest BCUT2D eigenvalue weighted by atomic mass is 16.5. The van der Waals surface area contributed by atoms with E-state index in [1.807, 2.05) is 18.2 Å². The second kappa shape index (κ2) is 9.09. The van der Waals surface area contributed by atoms with Gasteiger partial charge in [-0.05, 0) is 92.7 Å². The summed E-state index contributed by atoms with van der Waals surface area (Å²) < 4.78 is 15.8. The van der Waals surface area contributed by atoms with Gasteiger partial charge in [0.2, 0.25) is 0 Å². The number of methoxy groups -OCH3 is 2. The van der Waals surface area contributed by atoms with Gasteiger partial charge in [-0.1, -0.05) is 6.07 Å². The first-order valence-corrected chi connectivity index (χ1v) is 11.6. The van der Waals surface area contributed by atoms with Gasteiger partial charge in [0.25, 0.3) is 5.91 Å². The molecule has 4 fully saturated rings. The van der Waals surface area contributed by atoms with Crippen LogP contribution in [0, 0.1) is 23.2 Å². The molecule has 0 aliphatic heterocycles. The Labute approximate surface area is 185 Å². The highest BCUT2D eigenvalue weighted by Crippen LogP contribution is 2.61. The Morgan fingerprint density at radius 2 is 1.65 bits per heavy atom. The van der Waals surface area contributed by atoms with Crippen molar-refractivity contribution in [3.05, 3.63) is 23.8 Å². The van der Waals surface area contributed by atoms with Crippen LogP contribution < -0.4 is 14.8 Å². The Kier molecular flexibility index (Phi) is 6.44. The van der Waals surface area contributed by atoms with E-state index in [9.17, 15) is 9.59 Å². The van der Waals surface area contributed by atoms with Crippen LogP contribution in [-0.2, 0) is 20.7 Å². The van der Waals surface area contributed by atoms with Crippen LogP contribution in [0.2, 0.25) is 0 Å². The summed E-state index contributed by atoms with van der Waals surface area (Å²) in [7, 11) is 3.17. The minimum absolute atomic E-state index is 0.138. The number of hydrogen-bond acceptors (Lipinski definition) is 5. The average molecular weight is 430 g/mol. The van der Waals surface area contributed by atoms with E-state index in [1.165, 1.54) is 38.5 Å². The van der Waals surface area contributed by atoms with Crippen molar-refractivity contribution in [2.45, 2.75) is 64.3 Å². The maximum absolute atomic E-state index is 12.5. The van der Waals surface area contributed by atoms with Crippen molar-refractivity contribution >= 4 is 11.9 Å². The van der Waals surface area contributed by atoms with E-state index < -0.39 is 0 Å². The van der Waals surface area contributed by atoms with Crippen molar-refractivity contribution in [2.24, 2.45) is 23.2 Å². The molecule has 1 atom stereocenters. The number of nitrogens with one attached hydrogen (secondary N) is 1. The van der Waals surface area contributed by atoms with Crippen LogP contribution in [-0.4, -0.2) is 38.7 Å². The van der Waals surface area contributed by atoms with Crippen LogP contribution in [0.4, 0.5) is 0 Å². The van der Waals surface area contributed by atoms with Crippen LogP contribution in [0.15, 0.2) is 18.2 Å². The number of carbonyl (C=O) groups is 2. The third-order valence-electron chi connectivity index (χ3n) is 7.81. The molecule has 6 heteroatoms. The number of esters is 1. The monoisotopic (exact) mass is 429 g/mol. The number of carbonyl (C=O) groups excluding carboxylic acids is 2. The number of hydrogen-bond donors (Lipinski definition) is 1. The minimum atomic E-state index is -0.368. The van der Waals surface area contributed by atoms with Crippen molar-refractivity contribution in [3.8, 4) is 11.5 Å². The molecule has 5 rings (SSSR count). The van der Waals surface area contributed by atoms with E-state index in [0.717, 1.165) is 23.3 Å². The zero-order valence-corrected chi connectivity index (χ0v) is 18.9. The predicted octanol–water partition coefficient (Wildman–Crippen LogP) is 3.90. The van der Waals surface area contributed by atoms with Crippen LogP contribution in [0.5, 0.6) is 11.5 Å². The Bertz CT molecular complexity index is 785. The predicted molar refractivity (Wildman–Crippen MR) is 117 cm³/mol. The molecule has 1 aromatic carbocycles. The fourth-order valence-corrected chi connectivity index (χ4v) is 6.64. The molecule has 4 bridgehead atoms. The molecular weight excluding hydrogens is 394 g/mol. The van der Waals surface area contributed by atoms with E-state index in [4.69, 9.17) is 14.2 Å². The van der Waals surface area contributed by atoms with Gasteiger partial charge in [-0.15, -0.1) is 0 Å². The Morgan fingerprint density at radius 3 is 2.23 bits per heavy atom. The summed E-state index contributed by atoms with van der Waals surface area (Å²) in [6.07, 6.45) is 8.62. The van der Waals surface area contributed by atoms with Gasteiger partial charge in [0, 0.05) is 12.5 Å². The minimum Gasteiger partial charge on any atom is -0.493 e. The van der Waals surface area contributed by atoms with Gasteiger partial charge in [-0.2, -0.15) is 0 Å². The summed E-state index contributed by atoms with van der Waals surface area (Å²) in [5, 5.41) is 3.15. The van der Waals surface area contributed by atoms with Crippen molar-refractivity contribution in [2.75, 3.05) is 20.8 Å². The zero-order chi connectivity index (χ0) is 22.0. The maximum atomic E-state index is 12.5. The zero-order valence-electron chi connectivity index (χ0n) is 18.9. The highest BCUT2D eigenvalue weighted by molar-refractivity contribution is 5.80. The fourth-order valence-electron chi connectivity index (χ4n) is 6.64. The molecule has 0 spiro atoms. The normalized spacial score (nSPS) is 29.3. The average Bonchev–Trinajstić information content (AvgIpc) is 2.75. The summed E-state index contributed by atoms with van der Waals surface area (Å²) in [6.45, 7) is 1.94. The standard InChI is InChI=1S/C25H35NO5/c1-16(25-12-18-8-19(13-25)10-20(9-18)14-25)26-23(27)15-31-24(28)7-5-17-4-6-21(29-2)22(11-17)30-3/h4,6,11,16,18-20H,5,7-10,12-15H2,1-3H3,(H,26,27)/t16-,18?,19?,20?,25?/m1/s1. The van der Waals surface area contributed by atoms with Gasteiger partial charge < -0.3 is 19.5 Å². The smallest absolute Gasteiger partial charge is 0.306 e. The van der Waals surface area contributed by atoms with E-state index in [0.29, 0.717) is 17.9 Å². The van der Waals surface area contributed by atoms with Crippen LogP contribution >= 0.6 is 0 Å². The lowest BCUT2D eigenvalue weighted by Crippen LogP contribution is -2.56. The van der Waals surface area contributed by atoms with Gasteiger partial charge in [-0.3, -0.25) is 9.59 Å². The molecule has 0 heterocycles. The van der Waals surface area contributed by atoms with E-state index >= 15 is 0 Å². The molecule has 0 saturated heterocycles. The summed E-state index contributed by atoms with van der Waals surface area (Å²) >= 11 is 0. The van der Waals surface area contributed by atoms with E-state index in [-0.39, 0.29) is 36.4 Å². The lowest BCUT2D eigenvalue weighted by Gasteiger charge is -2.59. The number of aryl methyl sites for hydroxylation is 1. The first kappa shape index (κ1) is 22.0. The first-order chi connectivity index (χ1) is 14.9. The molecule has 1 N–H and O–H groups in total. The van der Waals surface area contributed by atoms with Gasteiger partial charge in [0.1, 0.15) is 0 Å². The SMILES string of the molecule is COc1ccc(CCC(=O)OCC(=O)N[C@H](C)C23CC4CC(CC(C4)C2)C3)cc1OC. The van der Waals surface area contributed by atoms with Crippen molar-refractivity contribution < 1.29 is 23.8 Å². The van der Waals surface area contributed by atoms with Crippen LogP contribution in [0.25, 0.3) is 0 Å². The number of rotatable bonds is 9. The summed E-state index contributed by atoms with van der Waals surface area (Å²) in [6, 6.07) is 5.71. The van der Waals surface area contributed by atoms with Crippen molar-refractivity contribution in [1.29, 1.82) is 0 Å². The second-order valence-electron chi connectivity index (χ2n) is 9.92. The van der Waals surface area contributed by atoms with Crippen LogP contribution in [0.3, 0.4) is 0 Å². The topological polar surface area (TPSA) is 73.9 Å². The Balaban J connectivity index is 1.21. The third kappa shape index (κ3) is 4.83. The second-order valence-corrected chi connectivity index (χ2v) is 9.92. The molecule has 170 valence electrons. The quantitative estimate of drug-likeness (QED) is 0.603. The lowest BCUT2D eigenvalue weighted by molar-refractivity contribution is -0.149. The maximum Gasteiger partial charge on any atom is 0.306 e. The Morgan fingerprint density at radius 1 is 1.03 bits per heavy atom. The van der Waals surface area contributed by atoms with Gasteiger partial charge >= 0.3 is 5.97 Å². The molecule has 6 nitrogen and oxygen atoms in total. The number of ether oxygens (including phenoxy) is 3. The molecule has 4 aliphatic rings. The number of amides is 1. The van der Waals surface area contributed by atoms with Gasteiger partial charge in [0.15, 0.2) is 18.1 Å². The van der Waals surface area contributed by atoms with Gasteiger partial charge in [-0.25, -0.2) is 0 Å². The molecule has 1 amide bonds. The van der Waals surface area contributed by atoms with Gasteiger partial charge in [0.05, 0.1) is 14.2 Å². The van der Waals surface area contributed by atoms with Crippen molar-refractivity contribution in [3.63, 3.8) is 0 Å². The largest absolute Gasteiger partial charge is 0.493 e. The fraction of sp³-hybridized carbons (Fsp3) is 0.680. The molecule has 4 saturated carbocycles. The van der Waals surface area contributed by atoms with Crippen LogP contribution in [0.1, 0.15) is 57.4 Å². The summed E-state index contributed by atoms with van der Waals surface area (Å²) in [4.78, 5) is 24.6.